The van der Waals surface area contributed by atoms with Crippen molar-refractivity contribution in [3.05, 3.63) is 0 Å². The highest BCUT2D eigenvalue weighted by molar-refractivity contribution is 4.83. The molecule has 2 unspecified atom stereocenters. The number of aliphatic hydroxyl groups is 1. The zero-order valence-corrected chi connectivity index (χ0v) is 10.3. The maximum atomic E-state index is 9.72. The third-order valence-corrected chi connectivity index (χ3v) is 4.08. The third-order valence-electron chi connectivity index (χ3n) is 4.08. The summed E-state index contributed by atoms with van der Waals surface area (Å²) in [5.41, 5.74) is 0. The highest BCUT2D eigenvalue weighted by atomic mass is 16.3. The van der Waals surface area contributed by atoms with E-state index in [0.29, 0.717) is 12.0 Å². The van der Waals surface area contributed by atoms with Crippen molar-refractivity contribution in [3.8, 4) is 0 Å². The molecule has 2 aliphatic rings. The molecule has 0 aromatic rings. The first kappa shape index (κ1) is 12.3. The monoisotopic (exact) mass is 226 g/mol. The minimum absolute atomic E-state index is 0.138. The van der Waals surface area contributed by atoms with Crippen LogP contribution in [0.25, 0.3) is 0 Å². The molecule has 2 atom stereocenters. The Kier molecular flexibility index (Phi) is 5.07. The number of nitrogens with one attached hydrogen (secondary N) is 2. The molecule has 0 spiro atoms. The maximum absolute atomic E-state index is 9.72. The summed E-state index contributed by atoms with van der Waals surface area (Å²) in [5.74, 6) is 0.422. The highest BCUT2D eigenvalue weighted by Gasteiger charge is 2.25. The van der Waals surface area contributed by atoms with Crippen molar-refractivity contribution in [1.82, 2.24) is 10.6 Å². The summed E-state index contributed by atoms with van der Waals surface area (Å²) in [7, 11) is 0. The lowest BCUT2D eigenvalue weighted by Gasteiger charge is -2.23. The van der Waals surface area contributed by atoms with Gasteiger partial charge in [0.05, 0.1) is 6.10 Å². The smallest absolute Gasteiger partial charge is 0.0716 e. The molecule has 3 N–H and O–H groups in total. The number of β-amino-alcohol motifs (C(OH)–C–C–N with tert-alkyl or cyclic N) is 1. The fourth-order valence-electron chi connectivity index (χ4n) is 2.91. The van der Waals surface area contributed by atoms with Gasteiger partial charge in [-0.3, -0.25) is 0 Å². The van der Waals surface area contributed by atoms with Crippen LogP contribution in [0.2, 0.25) is 0 Å². The number of hydrogen-bond donors (Lipinski definition) is 3. The van der Waals surface area contributed by atoms with Gasteiger partial charge in [0.1, 0.15) is 0 Å². The molecule has 0 bridgehead atoms. The standard InChI is InChI=1S/C13H26N2O/c16-13-10-14-8-11(13)9-15-12-6-4-2-1-3-5-7-12/h11-16H,1-10H2. The summed E-state index contributed by atoms with van der Waals surface area (Å²) in [5, 5.41) is 16.6. The second kappa shape index (κ2) is 6.58. The van der Waals surface area contributed by atoms with Gasteiger partial charge < -0.3 is 15.7 Å². The third kappa shape index (κ3) is 3.72. The minimum Gasteiger partial charge on any atom is -0.391 e. The van der Waals surface area contributed by atoms with Gasteiger partial charge in [0.15, 0.2) is 0 Å². The van der Waals surface area contributed by atoms with Crippen LogP contribution in [0, 0.1) is 5.92 Å². The van der Waals surface area contributed by atoms with Crippen LogP contribution < -0.4 is 10.6 Å². The first-order valence-corrected chi connectivity index (χ1v) is 6.98. The fraction of sp³-hybridized carbons (Fsp3) is 1.00. The molecule has 1 heterocycles. The Morgan fingerprint density at radius 1 is 1.00 bits per heavy atom. The lowest BCUT2D eigenvalue weighted by atomic mass is 9.96. The first-order chi connectivity index (χ1) is 7.86. The van der Waals surface area contributed by atoms with Gasteiger partial charge in [0.2, 0.25) is 0 Å². The number of hydrogen-bond acceptors (Lipinski definition) is 3. The van der Waals surface area contributed by atoms with E-state index in [4.69, 9.17) is 0 Å². The molecule has 0 aromatic heterocycles. The molecular formula is C13H26N2O. The Hall–Kier alpha value is -0.120. The number of rotatable bonds is 3. The molecule has 2 fully saturated rings. The molecule has 0 aromatic carbocycles. The van der Waals surface area contributed by atoms with E-state index in [9.17, 15) is 5.11 Å². The van der Waals surface area contributed by atoms with Crippen LogP contribution in [-0.2, 0) is 0 Å². The summed E-state index contributed by atoms with van der Waals surface area (Å²) in [6.07, 6.45) is 9.52. The average molecular weight is 226 g/mol. The van der Waals surface area contributed by atoms with Crippen molar-refractivity contribution < 1.29 is 5.11 Å². The van der Waals surface area contributed by atoms with E-state index in [-0.39, 0.29) is 6.10 Å². The van der Waals surface area contributed by atoms with Crippen molar-refractivity contribution in [1.29, 1.82) is 0 Å². The predicted octanol–water partition coefficient (Wildman–Crippen LogP) is 1.27. The second-order valence-corrected chi connectivity index (χ2v) is 5.44. The van der Waals surface area contributed by atoms with Gasteiger partial charge in [-0.15, -0.1) is 0 Å². The van der Waals surface area contributed by atoms with Crippen LogP contribution >= 0.6 is 0 Å². The second-order valence-electron chi connectivity index (χ2n) is 5.44. The van der Waals surface area contributed by atoms with Gasteiger partial charge in [-0.05, 0) is 12.8 Å². The molecule has 1 saturated heterocycles. The topological polar surface area (TPSA) is 44.3 Å². The fourth-order valence-corrected chi connectivity index (χ4v) is 2.91. The van der Waals surface area contributed by atoms with E-state index in [0.717, 1.165) is 19.6 Å². The quantitative estimate of drug-likeness (QED) is 0.679. The Morgan fingerprint density at radius 3 is 2.31 bits per heavy atom. The minimum atomic E-state index is -0.138. The van der Waals surface area contributed by atoms with Crippen LogP contribution in [-0.4, -0.2) is 36.9 Å². The maximum Gasteiger partial charge on any atom is 0.0716 e. The molecule has 0 radical (unpaired) electrons. The summed E-state index contributed by atoms with van der Waals surface area (Å²) >= 11 is 0. The van der Waals surface area contributed by atoms with E-state index < -0.39 is 0 Å². The molecule has 1 saturated carbocycles. The molecule has 94 valence electrons. The van der Waals surface area contributed by atoms with Crippen molar-refractivity contribution in [2.24, 2.45) is 5.92 Å². The highest BCUT2D eigenvalue weighted by Crippen LogP contribution is 2.17. The largest absolute Gasteiger partial charge is 0.391 e. The molecule has 0 amide bonds. The molecule has 1 aliphatic carbocycles. The molecule has 1 aliphatic heterocycles. The Labute approximate surface area is 99.0 Å². The van der Waals surface area contributed by atoms with Crippen LogP contribution in [0.3, 0.4) is 0 Å². The van der Waals surface area contributed by atoms with E-state index in [1.54, 1.807) is 0 Å². The molecular weight excluding hydrogens is 200 g/mol. The Bertz CT molecular complexity index is 190. The van der Waals surface area contributed by atoms with E-state index in [1.165, 1.54) is 44.9 Å². The van der Waals surface area contributed by atoms with Gasteiger partial charge in [0.25, 0.3) is 0 Å². The van der Waals surface area contributed by atoms with Crippen molar-refractivity contribution in [2.45, 2.75) is 57.1 Å². The zero-order valence-electron chi connectivity index (χ0n) is 10.3. The van der Waals surface area contributed by atoms with Gasteiger partial charge in [-0.1, -0.05) is 32.1 Å². The summed E-state index contributed by atoms with van der Waals surface area (Å²) < 4.78 is 0. The SMILES string of the molecule is OC1CNCC1CNC1CCCCCCC1. The van der Waals surface area contributed by atoms with Gasteiger partial charge in [-0.25, -0.2) is 0 Å². The van der Waals surface area contributed by atoms with Crippen LogP contribution in [0.1, 0.15) is 44.9 Å². The van der Waals surface area contributed by atoms with Gasteiger partial charge in [-0.2, -0.15) is 0 Å². The average Bonchev–Trinajstić information content (AvgIpc) is 2.63. The summed E-state index contributed by atoms with van der Waals surface area (Å²) in [6.45, 7) is 2.73. The van der Waals surface area contributed by atoms with Crippen LogP contribution in [0.15, 0.2) is 0 Å². The van der Waals surface area contributed by atoms with Crippen LogP contribution in [0.4, 0.5) is 0 Å². The van der Waals surface area contributed by atoms with E-state index in [2.05, 4.69) is 10.6 Å². The number of aliphatic hydroxyl groups excluding tert-OH is 1. The first-order valence-electron chi connectivity index (χ1n) is 6.98. The van der Waals surface area contributed by atoms with E-state index >= 15 is 0 Å². The molecule has 3 nitrogen and oxygen atoms in total. The molecule has 16 heavy (non-hydrogen) atoms. The molecule has 3 heteroatoms. The Morgan fingerprint density at radius 2 is 1.69 bits per heavy atom. The van der Waals surface area contributed by atoms with Gasteiger partial charge in [0, 0.05) is 31.6 Å². The molecule has 2 rings (SSSR count). The van der Waals surface area contributed by atoms with Crippen molar-refractivity contribution in [2.75, 3.05) is 19.6 Å². The van der Waals surface area contributed by atoms with E-state index in [1.807, 2.05) is 0 Å². The Balaban J connectivity index is 1.67. The lowest BCUT2D eigenvalue weighted by Crippen LogP contribution is -2.37. The zero-order chi connectivity index (χ0) is 11.2. The predicted molar refractivity (Wildman–Crippen MR) is 66.5 cm³/mol. The lowest BCUT2D eigenvalue weighted by molar-refractivity contribution is 0.143. The van der Waals surface area contributed by atoms with Crippen molar-refractivity contribution >= 4 is 0 Å². The summed E-state index contributed by atoms with van der Waals surface area (Å²) in [4.78, 5) is 0. The van der Waals surface area contributed by atoms with Gasteiger partial charge >= 0.3 is 0 Å². The van der Waals surface area contributed by atoms with Crippen LogP contribution in [0.5, 0.6) is 0 Å². The van der Waals surface area contributed by atoms with Crippen molar-refractivity contribution in [3.63, 3.8) is 0 Å². The summed E-state index contributed by atoms with van der Waals surface area (Å²) in [6, 6.07) is 0.702. The normalized spacial score (nSPS) is 33.6.